The standard InChI is InChI=1S/C18H27N3O.ClH/c1-14(19)16-7-4-9-20(11-16)13-18(22)21-10-8-15-5-2-3-6-17(15)12-21;/h2-3,5-6,14,16H,4,7-13,19H2,1H3;1H. The van der Waals surface area contributed by atoms with Crippen molar-refractivity contribution in [2.75, 3.05) is 26.2 Å². The van der Waals surface area contributed by atoms with E-state index in [0.717, 1.165) is 39.0 Å². The Morgan fingerprint density at radius 3 is 2.78 bits per heavy atom. The summed E-state index contributed by atoms with van der Waals surface area (Å²) in [5.74, 6) is 0.795. The Labute approximate surface area is 145 Å². The molecule has 2 unspecified atom stereocenters. The van der Waals surface area contributed by atoms with E-state index in [4.69, 9.17) is 5.73 Å². The molecule has 2 aliphatic heterocycles. The highest BCUT2D eigenvalue weighted by molar-refractivity contribution is 5.85. The van der Waals surface area contributed by atoms with E-state index in [1.165, 1.54) is 17.5 Å². The van der Waals surface area contributed by atoms with Crippen LogP contribution in [0.1, 0.15) is 30.9 Å². The van der Waals surface area contributed by atoms with E-state index in [-0.39, 0.29) is 24.4 Å². The lowest BCUT2D eigenvalue weighted by Crippen LogP contribution is -2.48. The van der Waals surface area contributed by atoms with Gasteiger partial charge in [-0.2, -0.15) is 0 Å². The van der Waals surface area contributed by atoms with Crippen LogP contribution in [0.25, 0.3) is 0 Å². The van der Waals surface area contributed by atoms with Gasteiger partial charge < -0.3 is 10.6 Å². The molecular weight excluding hydrogens is 310 g/mol. The molecule has 0 bridgehead atoms. The predicted octanol–water partition coefficient (Wildman–Crippen LogP) is 2.05. The average molecular weight is 338 g/mol. The minimum atomic E-state index is 0. The van der Waals surface area contributed by atoms with Gasteiger partial charge in [0.15, 0.2) is 0 Å². The van der Waals surface area contributed by atoms with Crippen LogP contribution in [0.2, 0.25) is 0 Å². The van der Waals surface area contributed by atoms with Crippen LogP contribution < -0.4 is 5.73 Å². The normalized spacial score (nSPS) is 22.9. The van der Waals surface area contributed by atoms with Gasteiger partial charge in [-0.05, 0) is 49.8 Å². The number of carbonyl (C=O) groups excluding carboxylic acids is 1. The zero-order valence-electron chi connectivity index (χ0n) is 13.9. The molecule has 0 aromatic heterocycles. The number of fused-ring (bicyclic) bond motifs is 1. The van der Waals surface area contributed by atoms with Crippen LogP contribution in [0.15, 0.2) is 24.3 Å². The summed E-state index contributed by atoms with van der Waals surface area (Å²) in [6.45, 7) is 6.23. The van der Waals surface area contributed by atoms with Gasteiger partial charge in [-0.15, -0.1) is 12.4 Å². The van der Waals surface area contributed by atoms with E-state index in [9.17, 15) is 4.79 Å². The smallest absolute Gasteiger partial charge is 0.237 e. The fraction of sp³-hybridized carbons (Fsp3) is 0.611. The van der Waals surface area contributed by atoms with Crippen molar-refractivity contribution in [3.63, 3.8) is 0 Å². The van der Waals surface area contributed by atoms with Crippen LogP contribution in [0.5, 0.6) is 0 Å². The number of benzene rings is 1. The van der Waals surface area contributed by atoms with Crippen molar-refractivity contribution in [1.29, 1.82) is 0 Å². The Morgan fingerprint density at radius 2 is 2.04 bits per heavy atom. The first-order chi connectivity index (χ1) is 10.6. The van der Waals surface area contributed by atoms with Gasteiger partial charge in [0.05, 0.1) is 6.54 Å². The number of hydrogen-bond donors (Lipinski definition) is 1. The van der Waals surface area contributed by atoms with Gasteiger partial charge in [-0.1, -0.05) is 24.3 Å². The Hall–Kier alpha value is -1.10. The highest BCUT2D eigenvalue weighted by Crippen LogP contribution is 2.21. The minimum absolute atomic E-state index is 0. The molecule has 2 aliphatic rings. The maximum absolute atomic E-state index is 12.6. The first kappa shape index (κ1) is 18.2. The predicted molar refractivity (Wildman–Crippen MR) is 95.6 cm³/mol. The second-order valence-electron chi connectivity index (χ2n) is 6.83. The van der Waals surface area contributed by atoms with Crippen molar-refractivity contribution >= 4 is 18.3 Å². The SMILES string of the molecule is CC(N)C1CCCN(CC(=O)N2CCc3ccccc3C2)C1.Cl. The van der Waals surface area contributed by atoms with Crippen molar-refractivity contribution < 1.29 is 4.79 Å². The maximum atomic E-state index is 12.6. The average Bonchev–Trinajstić information content (AvgIpc) is 2.54. The number of amides is 1. The molecule has 5 heteroatoms. The van der Waals surface area contributed by atoms with Gasteiger partial charge in [0.2, 0.25) is 5.91 Å². The van der Waals surface area contributed by atoms with E-state index < -0.39 is 0 Å². The van der Waals surface area contributed by atoms with Crippen LogP contribution in [-0.2, 0) is 17.8 Å². The number of rotatable bonds is 3. The van der Waals surface area contributed by atoms with Crippen LogP contribution in [0.4, 0.5) is 0 Å². The number of hydrogen-bond acceptors (Lipinski definition) is 3. The minimum Gasteiger partial charge on any atom is -0.337 e. The molecule has 2 N–H and O–H groups in total. The van der Waals surface area contributed by atoms with E-state index in [1.807, 2.05) is 4.90 Å². The molecule has 3 rings (SSSR count). The first-order valence-corrected chi connectivity index (χ1v) is 8.46. The molecular formula is C18H28ClN3O. The van der Waals surface area contributed by atoms with Crippen LogP contribution >= 0.6 is 12.4 Å². The summed E-state index contributed by atoms with van der Waals surface area (Å²) < 4.78 is 0. The molecule has 1 aromatic carbocycles. The summed E-state index contributed by atoms with van der Waals surface area (Å²) in [7, 11) is 0. The van der Waals surface area contributed by atoms with Crippen LogP contribution in [0.3, 0.4) is 0 Å². The molecule has 0 saturated carbocycles. The van der Waals surface area contributed by atoms with Crippen molar-refractivity contribution in [2.24, 2.45) is 11.7 Å². The lowest BCUT2D eigenvalue weighted by molar-refractivity contribution is -0.133. The largest absolute Gasteiger partial charge is 0.337 e. The van der Waals surface area contributed by atoms with E-state index in [0.29, 0.717) is 12.5 Å². The summed E-state index contributed by atoms with van der Waals surface area (Å²) >= 11 is 0. The molecule has 2 atom stereocenters. The Kier molecular flexibility index (Phi) is 6.45. The molecule has 1 saturated heterocycles. The lowest BCUT2D eigenvalue weighted by atomic mass is 9.92. The second kappa shape index (κ2) is 8.13. The van der Waals surface area contributed by atoms with Gasteiger partial charge in [0.1, 0.15) is 0 Å². The van der Waals surface area contributed by atoms with Gasteiger partial charge in [0, 0.05) is 25.7 Å². The molecule has 0 aliphatic carbocycles. The molecule has 4 nitrogen and oxygen atoms in total. The summed E-state index contributed by atoms with van der Waals surface area (Å²) in [4.78, 5) is 16.9. The third-order valence-electron chi connectivity index (χ3n) is 5.13. The molecule has 1 aromatic rings. The quantitative estimate of drug-likeness (QED) is 0.918. The molecule has 23 heavy (non-hydrogen) atoms. The fourth-order valence-electron chi connectivity index (χ4n) is 3.66. The molecule has 0 spiro atoms. The Balaban J connectivity index is 0.00000192. The van der Waals surface area contributed by atoms with E-state index in [1.54, 1.807) is 0 Å². The molecule has 2 heterocycles. The summed E-state index contributed by atoms with van der Waals surface area (Å²) in [5.41, 5.74) is 8.72. The summed E-state index contributed by atoms with van der Waals surface area (Å²) in [5, 5.41) is 0. The number of halogens is 1. The zero-order valence-corrected chi connectivity index (χ0v) is 14.7. The summed E-state index contributed by atoms with van der Waals surface area (Å²) in [6, 6.07) is 8.68. The monoisotopic (exact) mass is 337 g/mol. The van der Waals surface area contributed by atoms with Crippen LogP contribution in [0, 0.1) is 5.92 Å². The maximum Gasteiger partial charge on any atom is 0.237 e. The summed E-state index contributed by atoms with van der Waals surface area (Å²) in [6.07, 6.45) is 3.33. The number of piperidine rings is 1. The third kappa shape index (κ3) is 4.46. The second-order valence-corrected chi connectivity index (χ2v) is 6.83. The lowest BCUT2D eigenvalue weighted by Gasteiger charge is -2.36. The van der Waals surface area contributed by atoms with Gasteiger partial charge in [-0.3, -0.25) is 9.69 Å². The van der Waals surface area contributed by atoms with Crippen LogP contribution in [-0.4, -0.2) is 47.9 Å². The van der Waals surface area contributed by atoms with Gasteiger partial charge >= 0.3 is 0 Å². The number of carbonyl (C=O) groups is 1. The molecule has 128 valence electrons. The number of likely N-dealkylation sites (tertiary alicyclic amines) is 1. The molecule has 0 radical (unpaired) electrons. The van der Waals surface area contributed by atoms with Crippen molar-refractivity contribution in [3.05, 3.63) is 35.4 Å². The first-order valence-electron chi connectivity index (χ1n) is 8.46. The third-order valence-corrected chi connectivity index (χ3v) is 5.13. The van der Waals surface area contributed by atoms with Crippen molar-refractivity contribution in [3.8, 4) is 0 Å². The number of nitrogens with two attached hydrogens (primary N) is 1. The van der Waals surface area contributed by atoms with Crippen molar-refractivity contribution in [1.82, 2.24) is 9.80 Å². The Morgan fingerprint density at radius 1 is 1.30 bits per heavy atom. The Bertz CT molecular complexity index is 535. The number of nitrogens with zero attached hydrogens (tertiary/aromatic N) is 2. The van der Waals surface area contributed by atoms with Gasteiger partial charge in [-0.25, -0.2) is 0 Å². The van der Waals surface area contributed by atoms with Crippen molar-refractivity contribution in [2.45, 2.75) is 38.8 Å². The highest BCUT2D eigenvalue weighted by atomic mass is 35.5. The fourth-order valence-corrected chi connectivity index (χ4v) is 3.66. The molecule has 1 amide bonds. The van der Waals surface area contributed by atoms with E-state index in [2.05, 4.69) is 36.1 Å². The molecule has 1 fully saturated rings. The van der Waals surface area contributed by atoms with E-state index >= 15 is 0 Å². The zero-order chi connectivity index (χ0) is 15.5. The highest BCUT2D eigenvalue weighted by Gasteiger charge is 2.26. The topological polar surface area (TPSA) is 49.6 Å². The van der Waals surface area contributed by atoms with Gasteiger partial charge in [0.25, 0.3) is 0 Å².